The Labute approximate surface area is 261 Å². The molecule has 2 aromatic rings. The number of hydrogen-bond acceptors (Lipinski definition) is 5. The first-order chi connectivity index (χ1) is 20.1. The minimum absolute atomic E-state index is 0.0379. The standard InChI is InChI=1S/C37H46N2O3S/c1-22-31-26(18-27(41)32(22)42)35(5)15-17-37(7)30-20-33(3,21-38)12-13-34(30,4)14-16-36(37,6)29(35)19-28(31)43-25-10-8-24(9-11-25)39-23(2)40/h8-11,18-19,28,30,41-42H,12-17,20H2,1-7H3,(H,39,40)/t28?,30-,33-,34-,35+,36-,37+/m1/s1. The van der Waals surface area contributed by atoms with Crippen LogP contribution >= 0.6 is 11.8 Å². The Hall–Kier alpha value is -2.91. The second-order valence-corrected chi connectivity index (χ2v) is 16.5. The van der Waals surface area contributed by atoms with Gasteiger partial charge in [-0.05, 0) is 128 Å². The van der Waals surface area contributed by atoms with E-state index in [-0.39, 0.29) is 49.7 Å². The number of carbonyl (C=O) groups excluding carboxylic acids is 1. The summed E-state index contributed by atoms with van der Waals surface area (Å²) in [5, 5.41) is 34.8. The number of phenolic OH excluding ortho intramolecular Hbond substituents is 2. The third-order valence-electron chi connectivity index (χ3n) is 12.8. The molecule has 2 aromatic carbocycles. The summed E-state index contributed by atoms with van der Waals surface area (Å²) in [7, 11) is 0. The minimum atomic E-state index is -0.276. The molecule has 3 N–H and O–H groups in total. The Morgan fingerprint density at radius 3 is 2.33 bits per heavy atom. The summed E-state index contributed by atoms with van der Waals surface area (Å²) in [6.45, 7) is 15.5. The number of carbonyl (C=O) groups is 1. The highest BCUT2D eigenvalue weighted by atomic mass is 32.2. The van der Waals surface area contributed by atoms with E-state index >= 15 is 0 Å². The van der Waals surface area contributed by atoms with Crippen molar-refractivity contribution in [2.45, 2.75) is 109 Å². The average molecular weight is 599 g/mol. The molecular weight excluding hydrogens is 552 g/mol. The van der Waals surface area contributed by atoms with Crippen molar-refractivity contribution in [2.24, 2.45) is 27.6 Å². The van der Waals surface area contributed by atoms with Gasteiger partial charge in [-0.3, -0.25) is 4.79 Å². The number of nitrogens with one attached hydrogen (secondary N) is 1. The Kier molecular flexibility index (Phi) is 6.86. The molecule has 3 fully saturated rings. The van der Waals surface area contributed by atoms with Gasteiger partial charge in [0.1, 0.15) is 0 Å². The van der Waals surface area contributed by atoms with Crippen LogP contribution in [0.1, 0.15) is 108 Å². The smallest absolute Gasteiger partial charge is 0.221 e. The Morgan fingerprint density at radius 1 is 1.00 bits per heavy atom. The lowest BCUT2D eigenvalue weighted by molar-refractivity contribution is -0.152. The van der Waals surface area contributed by atoms with Crippen LogP contribution < -0.4 is 5.32 Å². The van der Waals surface area contributed by atoms with E-state index in [0.717, 1.165) is 72.2 Å². The number of fused-ring (bicyclic) bond motifs is 7. The van der Waals surface area contributed by atoms with Gasteiger partial charge in [-0.15, -0.1) is 11.8 Å². The topological polar surface area (TPSA) is 93.4 Å². The number of hydrogen-bond donors (Lipinski definition) is 3. The Balaban J connectivity index is 1.49. The SMILES string of the molecule is CC(=O)Nc1ccc(SC2C=C3[C@@](C)(CC[C@@]4(C)[C@@H]5C[C@](C)(C#N)CC[C@]5(C)CC[C@]34C)c3cc(O)c(O)c(C)c32)cc1. The van der Waals surface area contributed by atoms with E-state index in [1.54, 1.807) is 11.8 Å². The van der Waals surface area contributed by atoms with Gasteiger partial charge in [0.2, 0.25) is 5.91 Å². The van der Waals surface area contributed by atoms with Crippen molar-refractivity contribution in [2.75, 3.05) is 5.32 Å². The van der Waals surface area contributed by atoms with Crippen LogP contribution in [0.25, 0.3) is 0 Å². The summed E-state index contributed by atoms with van der Waals surface area (Å²) in [5.74, 6) is 0.283. The number of rotatable bonds is 3. The van der Waals surface area contributed by atoms with E-state index in [4.69, 9.17) is 0 Å². The lowest BCUT2D eigenvalue weighted by atomic mass is 9.34. The number of aromatic hydroxyl groups is 2. The van der Waals surface area contributed by atoms with Crippen molar-refractivity contribution in [1.82, 2.24) is 0 Å². The van der Waals surface area contributed by atoms with Crippen molar-refractivity contribution in [3.63, 3.8) is 0 Å². The van der Waals surface area contributed by atoms with Gasteiger partial charge >= 0.3 is 0 Å². The number of anilines is 1. The van der Waals surface area contributed by atoms with Gasteiger partial charge in [-0.1, -0.05) is 39.3 Å². The number of nitriles is 1. The first-order valence-electron chi connectivity index (χ1n) is 15.8. The Bertz CT molecular complexity index is 1580. The van der Waals surface area contributed by atoms with Crippen LogP contribution in [0.15, 0.2) is 46.9 Å². The predicted molar refractivity (Wildman–Crippen MR) is 173 cm³/mol. The molecule has 4 aliphatic rings. The molecule has 1 amide bonds. The maximum Gasteiger partial charge on any atom is 0.221 e. The quantitative estimate of drug-likeness (QED) is 0.242. The molecule has 3 saturated carbocycles. The first kappa shape index (κ1) is 30.1. The van der Waals surface area contributed by atoms with Gasteiger partial charge in [0.25, 0.3) is 0 Å². The molecule has 0 aromatic heterocycles. The summed E-state index contributed by atoms with van der Waals surface area (Å²) in [6, 6.07) is 12.5. The highest BCUT2D eigenvalue weighted by Gasteiger charge is 2.67. The summed E-state index contributed by atoms with van der Waals surface area (Å²) < 4.78 is 0. The molecule has 0 saturated heterocycles. The number of thioether (sulfide) groups is 1. The van der Waals surface area contributed by atoms with Crippen LogP contribution in [0.2, 0.25) is 0 Å². The van der Waals surface area contributed by atoms with Crippen LogP contribution in [0.4, 0.5) is 5.69 Å². The zero-order chi connectivity index (χ0) is 31.2. The number of allylic oxidation sites excluding steroid dienone is 1. The molecule has 5 nitrogen and oxygen atoms in total. The van der Waals surface area contributed by atoms with Crippen LogP contribution in [0.3, 0.4) is 0 Å². The molecule has 0 heterocycles. The first-order valence-corrected chi connectivity index (χ1v) is 16.7. The zero-order valence-electron chi connectivity index (χ0n) is 26.7. The molecule has 43 heavy (non-hydrogen) atoms. The second kappa shape index (κ2) is 9.80. The van der Waals surface area contributed by atoms with E-state index in [0.29, 0.717) is 5.92 Å². The van der Waals surface area contributed by atoms with Crippen molar-refractivity contribution in [1.29, 1.82) is 5.26 Å². The third kappa shape index (κ3) is 4.36. The van der Waals surface area contributed by atoms with E-state index in [9.17, 15) is 20.3 Å². The molecule has 0 radical (unpaired) electrons. The van der Waals surface area contributed by atoms with E-state index in [1.165, 1.54) is 12.5 Å². The van der Waals surface area contributed by atoms with Gasteiger partial charge in [-0.25, -0.2) is 0 Å². The zero-order valence-corrected chi connectivity index (χ0v) is 27.5. The van der Waals surface area contributed by atoms with Crippen molar-refractivity contribution in [3.05, 3.63) is 58.7 Å². The highest BCUT2D eigenvalue weighted by molar-refractivity contribution is 7.99. The van der Waals surface area contributed by atoms with E-state index in [2.05, 4.69) is 52.1 Å². The van der Waals surface area contributed by atoms with Crippen LogP contribution in [0.5, 0.6) is 11.5 Å². The predicted octanol–water partition coefficient (Wildman–Crippen LogP) is 9.33. The number of amides is 1. The fourth-order valence-electron chi connectivity index (χ4n) is 9.85. The van der Waals surface area contributed by atoms with E-state index < -0.39 is 0 Å². The molecule has 7 atom stereocenters. The fourth-order valence-corrected chi connectivity index (χ4v) is 11.1. The molecule has 1 unspecified atom stereocenters. The molecule has 6 heteroatoms. The number of nitrogens with zero attached hydrogens (tertiary/aromatic N) is 1. The molecule has 0 aliphatic heterocycles. The van der Waals surface area contributed by atoms with Crippen LogP contribution in [-0.2, 0) is 10.2 Å². The van der Waals surface area contributed by atoms with Gasteiger partial charge in [0.15, 0.2) is 11.5 Å². The molecule has 4 aliphatic carbocycles. The maximum atomic E-state index is 11.6. The van der Waals surface area contributed by atoms with Crippen molar-refractivity contribution < 1.29 is 15.0 Å². The molecule has 0 bridgehead atoms. The largest absolute Gasteiger partial charge is 0.504 e. The molecular formula is C37H46N2O3S. The van der Waals surface area contributed by atoms with Crippen molar-refractivity contribution >= 4 is 23.4 Å². The number of benzene rings is 2. The van der Waals surface area contributed by atoms with E-state index in [1.807, 2.05) is 37.3 Å². The Morgan fingerprint density at radius 2 is 1.67 bits per heavy atom. The monoisotopic (exact) mass is 598 g/mol. The van der Waals surface area contributed by atoms with Gasteiger partial charge in [0.05, 0.1) is 16.7 Å². The fraction of sp³-hybridized carbons (Fsp3) is 0.568. The van der Waals surface area contributed by atoms with Crippen LogP contribution in [-0.4, -0.2) is 16.1 Å². The lowest BCUT2D eigenvalue weighted by Gasteiger charge is -2.70. The van der Waals surface area contributed by atoms with Crippen LogP contribution in [0, 0.1) is 45.8 Å². The molecule has 6 rings (SSSR count). The second-order valence-electron chi connectivity index (χ2n) is 15.3. The summed E-state index contributed by atoms with van der Waals surface area (Å²) in [6.07, 6.45) is 9.88. The average Bonchev–Trinajstić information content (AvgIpc) is 2.96. The summed E-state index contributed by atoms with van der Waals surface area (Å²) >= 11 is 1.76. The third-order valence-corrected chi connectivity index (χ3v) is 14.0. The van der Waals surface area contributed by atoms with Gasteiger partial charge in [-0.2, -0.15) is 5.26 Å². The highest BCUT2D eigenvalue weighted by Crippen LogP contribution is 2.75. The molecule has 0 spiro atoms. The summed E-state index contributed by atoms with van der Waals surface area (Å²) in [4.78, 5) is 12.6. The van der Waals surface area contributed by atoms with Gasteiger partial charge in [0, 0.05) is 22.9 Å². The lowest BCUT2D eigenvalue weighted by Crippen LogP contribution is -2.62. The minimum Gasteiger partial charge on any atom is -0.504 e. The molecule has 228 valence electrons. The van der Waals surface area contributed by atoms with Crippen molar-refractivity contribution in [3.8, 4) is 17.6 Å². The summed E-state index contributed by atoms with van der Waals surface area (Å²) in [5.41, 5.74) is 4.89. The maximum absolute atomic E-state index is 11.6. The van der Waals surface area contributed by atoms with Gasteiger partial charge < -0.3 is 15.5 Å². The number of phenols is 2. The normalized spacial score (nSPS) is 38.0.